The van der Waals surface area contributed by atoms with Crippen LogP contribution >= 0.6 is 0 Å². The number of likely N-dealkylation sites (tertiary alicyclic amines) is 1. The average molecular weight is 654 g/mol. The zero-order valence-corrected chi connectivity index (χ0v) is 26.5. The molecule has 12 nitrogen and oxygen atoms in total. The van der Waals surface area contributed by atoms with Crippen molar-refractivity contribution in [1.29, 1.82) is 0 Å². The van der Waals surface area contributed by atoms with Gasteiger partial charge >= 0.3 is 0 Å². The Kier molecular flexibility index (Phi) is 11.7. The standard InChI is InChI=1S/C31H34FN5O5S.CH2O2/c1-37-14-12-21(13-15-37)19-42-29-10-4-22(16-30(29)41-3)27-18-31(34-20-33-27)35-23-5-7-24(8-6-23)36-43(38,39)25-9-11-28(40-2)26(32)17-25;2-1-3/h4-11,16-18,20-21,36H,12-15,19H2,1-3H3,(H,33,34,35);1H,(H,2,3). The summed E-state index contributed by atoms with van der Waals surface area (Å²) in [4.78, 5) is 19.2. The minimum Gasteiger partial charge on any atom is -0.494 e. The third-order valence-electron chi connectivity index (χ3n) is 7.28. The largest absolute Gasteiger partial charge is 0.494 e. The fraction of sp³-hybridized carbons (Fsp3) is 0.281. The van der Waals surface area contributed by atoms with Gasteiger partial charge in [0.15, 0.2) is 23.1 Å². The van der Waals surface area contributed by atoms with Crippen LogP contribution in [-0.4, -0.2) is 75.8 Å². The molecule has 3 N–H and O–H groups in total. The number of nitrogens with one attached hydrogen (secondary N) is 2. The number of anilines is 3. The van der Waals surface area contributed by atoms with Gasteiger partial charge in [-0.05, 0) is 99.6 Å². The number of rotatable bonds is 11. The van der Waals surface area contributed by atoms with Gasteiger partial charge in [0, 0.05) is 23.0 Å². The van der Waals surface area contributed by atoms with E-state index in [1.807, 2.05) is 24.3 Å². The molecule has 0 unspecified atom stereocenters. The van der Waals surface area contributed by atoms with E-state index < -0.39 is 15.8 Å². The third kappa shape index (κ3) is 9.05. The Morgan fingerprint density at radius 1 is 0.935 bits per heavy atom. The second kappa shape index (κ2) is 15.9. The van der Waals surface area contributed by atoms with Gasteiger partial charge in [0.2, 0.25) is 0 Å². The van der Waals surface area contributed by atoms with Crippen LogP contribution < -0.4 is 24.2 Å². The van der Waals surface area contributed by atoms with Crippen molar-refractivity contribution >= 4 is 33.7 Å². The second-order valence-corrected chi connectivity index (χ2v) is 12.1. The summed E-state index contributed by atoms with van der Waals surface area (Å²) >= 11 is 0. The molecular formula is C32H36FN5O7S. The highest BCUT2D eigenvalue weighted by atomic mass is 32.2. The number of methoxy groups -OCH3 is 2. The number of aromatic nitrogens is 2. The van der Waals surface area contributed by atoms with Gasteiger partial charge in [-0.25, -0.2) is 22.8 Å². The van der Waals surface area contributed by atoms with Crippen molar-refractivity contribution in [3.63, 3.8) is 0 Å². The second-order valence-electron chi connectivity index (χ2n) is 10.4. The van der Waals surface area contributed by atoms with E-state index in [1.54, 1.807) is 31.4 Å². The van der Waals surface area contributed by atoms with Crippen LogP contribution in [0.25, 0.3) is 11.3 Å². The molecule has 0 amide bonds. The van der Waals surface area contributed by atoms with Crippen LogP contribution in [0.1, 0.15) is 12.8 Å². The van der Waals surface area contributed by atoms with Gasteiger partial charge in [-0.3, -0.25) is 9.52 Å². The molecule has 14 heteroatoms. The van der Waals surface area contributed by atoms with Crippen molar-refractivity contribution in [2.75, 3.05) is 51.0 Å². The summed E-state index contributed by atoms with van der Waals surface area (Å²) in [7, 11) is 1.08. The molecule has 1 aliphatic rings. The van der Waals surface area contributed by atoms with Crippen LogP contribution in [0.2, 0.25) is 0 Å². The normalized spacial score (nSPS) is 13.6. The van der Waals surface area contributed by atoms with Gasteiger partial charge in [-0.2, -0.15) is 0 Å². The van der Waals surface area contributed by atoms with Crippen molar-refractivity contribution in [3.05, 3.63) is 78.9 Å². The molecule has 1 aliphatic heterocycles. The van der Waals surface area contributed by atoms with E-state index in [0.29, 0.717) is 46.9 Å². The number of piperidine rings is 1. The van der Waals surface area contributed by atoms with Gasteiger partial charge in [-0.1, -0.05) is 0 Å². The molecule has 1 fully saturated rings. The molecule has 4 aromatic rings. The topological polar surface area (TPSA) is 152 Å². The van der Waals surface area contributed by atoms with E-state index in [9.17, 15) is 12.8 Å². The molecule has 5 rings (SSSR count). The number of nitrogens with zero attached hydrogens (tertiary/aromatic N) is 3. The lowest BCUT2D eigenvalue weighted by Gasteiger charge is -2.28. The molecule has 0 spiro atoms. The quantitative estimate of drug-likeness (QED) is 0.182. The number of carbonyl (C=O) groups is 1. The highest BCUT2D eigenvalue weighted by Gasteiger charge is 2.19. The molecule has 1 saturated heterocycles. The number of carboxylic acid groups (broad SMARTS) is 1. The first-order chi connectivity index (χ1) is 22.1. The Morgan fingerprint density at radius 2 is 1.59 bits per heavy atom. The fourth-order valence-corrected chi connectivity index (χ4v) is 5.83. The summed E-state index contributed by atoms with van der Waals surface area (Å²) in [5.74, 6) is 1.61. The molecule has 0 radical (unpaired) electrons. The van der Waals surface area contributed by atoms with Crippen molar-refractivity contribution in [2.45, 2.75) is 17.7 Å². The number of sulfonamides is 1. The molecule has 1 aromatic heterocycles. The first-order valence-corrected chi connectivity index (χ1v) is 15.8. The SMILES string of the molecule is COc1ccc(S(=O)(=O)Nc2ccc(Nc3cc(-c4ccc(OCC5CCN(C)CC5)c(OC)c4)ncn3)cc2)cc1F.O=CO. The molecule has 0 atom stereocenters. The zero-order valence-electron chi connectivity index (χ0n) is 25.6. The van der Waals surface area contributed by atoms with Gasteiger partial charge in [0.25, 0.3) is 16.5 Å². The van der Waals surface area contributed by atoms with Crippen molar-refractivity contribution in [2.24, 2.45) is 5.92 Å². The van der Waals surface area contributed by atoms with E-state index in [4.69, 9.17) is 24.1 Å². The Bertz CT molecular complexity index is 1720. The first-order valence-electron chi connectivity index (χ1n) is 14.3. The molecular weight excluding hydrogens is 617 g/mol. The van der Waals surface area contributed by atoms with Crippen LogP contribution in [0, 0.1) is 11.7 Å². The number of ether oxygens (including phenoxy) is 3. The highest BCUT2D eigenvalue weighted by Crippen LogP contribution is 2.33. The lowest BCUT2D eigenvalue weighted by Crippen LogP contribution is -2.32. The van der Waals surface area contributed by atoms with Crippen LogP contribution in [-0.2, 0) is 14.8 Å². The van der Waals surface area contributed by atoms with E-state index in [1.165, 1.54) is 25.6 Å². The lowest BCUT2D eigenvalue weighted by molar-refractivity contribution is -0.122. The molecule has 46 heavy (non-hydrogen) atoms. The maximum Gasteiger partial charge on any atom is 0.290 e. The van der Waals surface area contributed by atoms with Gasteiger partial charge in [0.1, 0.15) is 12.1 Å². The molecule has 0 saturated carbocycles. The van der Waals surface area contributed by atoms with Crippen LogP contribution in [0.15, 0.2) is 78.0 Å². The fourth-order valence-electron chi connectivity index (χ4n) is 4.76. The summed E-state index contributed by atoms with van der Waals surface area (Å²) in [6.07, 6.45) is 3.71. The molecule has 244 valence electrons. The highest BCUT2D eigenvalue weighted by molar-refractivity contribution is 7.92. The zero-order chi connectivity index (χ0) is 33.1. The van der Waals surface area contributed by atoms with E-state index >= 15 is 0 Å². The van der Waals surface area contributed by atoms with Crippen LogP contribution in [0.3, 0.4) is 0 Å². The Balaban J connectivity index is 0.00000154. The van der Waals surface area contributed by atoms with Crippen LogP contribution in [0.5, 0.6) is 17.2 Å². The maximum absolute atomic E-state index is 14.0. The Hall–Kier alpha value is -4.95. The van der Waals surface area contributed by atoms with E-state index in [0.717, 1.165) is 37.6 Å². The van der Waals surface area contributed by atoms with E-state index in [2.05, 4.69) is 32.0 Å². The monoisotopic (exact) mass is 653 g/mol. The lowest BCUT2D eigenvalue weighted by atomic mass is 9.98. The molecule has 2 heterocycles. The predicted molar refractivity (Wildman–Crippen MR) is 172 cm³/mol. The number of hydrogen-bond acceptors (Lipinski definition) is 10. The first kappa shape index (κ1) is 33.9. The number of benzene rings is 3. The third-order valence-corrected chi connectivity index (χ3v) is 8.66. The van der Waals surface area contributed by atoms with Crippen molar-refractivity contribution in [3.8, 4) is 28.5 Å². The number of hydrogen-bond donors (Lipinski definition) is 3. The average Bonchev–Trinajstić information content (AvgIpc) is 3.05. The molecule has 0 aliphatic carbocycles. The summed E-state index contributed by atoms with van der Waals surface area (Å²) < 4.78 is 58.5. The van der Waals surface area contributed by atoms with Gasteiger partial charge < -0.3 is 29.5 Å². The maximum atomic E-state index is 14.0. The smallest absolute Gasteiger partial charge is 0.290 e. The molecule has 3 aromatic carbocycles. The minimum atomic E-state index is -4.00. The predicted octanol–water partition coefficient (Wildman–Crippen LogP) is 5.27. The Labute approximate surface area is 267 Å². The summed E-state index contributed by atoms with van der Waals surface area (Å²) in [5, 5.41) is 10.1. The van der Waals surface area contributed by atoms with Crippen LogP contribution in [0.4, 0.5) is 21.6 Å². The summed E-state index contributed by atoms with van der Waals surface area (Å²) in [6, 6.07) is 17.6. The summed E-state index contributed by atoms with van der Waals surface area (Å²) in [5.41, 5.74) is 2.52. The van der Waals surface area contributed by atoms with Crippen molar-refractivity contribution < 1.29 is 36.9 Å². The van der Waals surface area contributed by atoms with Gasteiger partial charge in [-0.15, -0.1) is 0 Å². The summed E-state index contributed by atoms with van der Waals surface area (Å²) in [6.45, 7) is 2.58. The van der Waals surface area contributed by atoms with E-state index in [-0.39, 0.29) is 17.1 Å². The van der Waals surface area contributed by atoms with Crippen molar-refractivity contribution in [1.82, 2.24) is 14.9 Å². The number of halogens is 1. The molecule has 0 bridgehead atoms. The Morgan fingerprint density at radius 3 is 2.24 bits per heavy atom. The minimum absolute atomic E-state index is 0.0363. The van der Waals surface area contributed by atoms with Gasteiger partial charge in [0.05, 0.1) is 31.4 Å².